The Balaban J connectivity index is 1.78. The molecule has 3 N–H and O–H groups in total. The maximum absolute atomic E-state index is 12.1. The van der Waals surface area contributed by atoms with Crippen molar-refractivity contribution in [2.24, 2.45) is 11.7 Å². The minimum Gasteiger partial charge on any atom is -0.353 e. The van der Waals surface area contributed by atoms with Gasteiger partial charge in [-0.2, -0.15) is 0 Å². The number of hydrogen-bond acceptors (Lipinski definition) is 4. The maximum Gasteiger partial charge on any atom is 0.221 e. The summed E-state index contributed by atoms with van der Waals surface area (Å²) in [6.45, 7) is 0.589. The Morgan fingerprint density at radius 1 is 1.05 bits per heavy atom. The first kappa shape index (κ1) is 16.7. The molecule has 1 amide bonds. The van der Waals surface area contributed by atoms with E-state index in [1.165, 1.54) is 6.42 Å². The molecule has 2 saturated carbocycles. The standard InChI is InChI=1S/C15H28N2O3S/c16-11-12-5-1-4-8-14(12)17-15(18)9-10-21(19,20)13-6-2-3-7-13/h12-14H,1-11,16H2,(H,17,18). The predicted octanol–water partition coefficient (Wildman–Crippen LogP) is 1.37. The summed E-state index contributed by atoms with van der Waals surface area (Å²) in [4.78, 5) is 12.0. The Labute approximate surface area is 128 Å². The molecule has 6 heteroatoms. The van der Waals surface area contributed by atoms with Gasteiger partial charge >= 0.3 is 0 Å². The van der Waals surface area contributed by atoms with E-state index in [-0.39, 0.29) is 29.4 Å². The minimum atomic E-state index is -3.10. The zero-order chi connectivity index (χ0) is 15.3. The monoisotopic (exact) mass is 316 g/mol. The van der Waals surface area contributed by atoms with Gasteiger partial charge in [-0.15, -0.1) is 0 Å². The Morgan fingerprint density at radius 2 is 1.67 bits per heavy atom. The minimum absolute atomic E-state index is 0.0104. The van der Waals surface area contributed by atoms with E-state index in [9.17, 15) is 13.2 Å². The largest absolute Gasteiger partial charge is 0.353 e. The fraction of sp³-hybridized carbons (Fsp3) is 0.933. The second kappa shape index (κ2) is 7.58. The average molecular weight is 316 g/mol. The fourth-order valence-corrected chi connectivity index (χ4v) is 5.46. The summed E-state index contributed by atoms with van der Waals surface area (Å²) < 4.78 is 24.3. The number of nitrogens with two attached hydrogens (primary N) is 1. The summed E-state index contributed by atoms with van der Waals surface area (Å²) in [5, 5.41) is 2.79. The van der Waals surface area contributed by atoms with Crippen LogP contribution >= 0.6 is 0 Å². The fourth-order valence-electron chi connectivity index (χ4n) is 3.61. The molecule has 5 nitrogen and oxygen atoms in total. The average Bonchev–Trinajstić information content (AvgIpc) is 3.01. The van der Waals surface area contributed by atoms with Crippen LogP contribution in [0.1, 0.15) is 57.8 Å². The number of nitrogens with one attached hydrogen (secondary N) is 1. The zero-order valence-electron chi connectivity index (χ0n) is 12.7. The summed E-state index contributed by atoms with van der Waals surface area (Å²) in [6.07, 6.45) is 7.92. The van der Waals surface area contributed by atoms with Crippen molar-refractivity contribution in [3.63, 3.8) is 0 Å². The maximum atomic E-state index is 12.1. The number of rotatable bonds is 6. The third kappa shape index (κ3) is 4.68. The van der Waals surface area contributed by atoms with Crippen molar-refractivity contribution in [3.8, 4) is 0 Å². The number of carbonyl (C=O) groups excluding carboxylic acids is 1. The first-order chi connectivity index (χ1) is 10.0. The molecule has 0 spiro atoms. The van der Waals surface area contributed by atoms with Crippen LogP contribution < -0.4 is 11.1 Å². The molecule has 0 saturated heterocycles. The van der Waals surface area contributed by atoms with Gasteiger partial charge in [-0.1, -0.05) is 25.7 Å². The third-order valence-corrected chi connectivity index (χ3v) is 7.24. The lowest BCUT2D eigenvalue weighted by Gasteiger charge is -2.31. The third-order valence-electron chi connectivity index (χ3n) is 4.98. The molecular formula is C15H28N2O3S. The van der Waals surface area contributed by atoms with Gasteiger partial charge in [-0.3, -0.25) is 4.79 Å². The Hall–Kier alpha value is -0.620. The van der Waals surface area contributed by atoms with Crippen LogP contribution in [-0.4, -0.2) is 37.9 Å². The van der Waals surface area contributed by atoms with E-state index in [0.29, 0.717) is 12.5 Å². The zero-order valence-corrected chi connectivity index (χ0v) is 13.5. The van der Waals surface area contributed by atoms with E-state index < -0.39 is 9.84 Å². The number of amides is 1. The molecule has 0 aromatic heterocycles. The molecular weight excluding hydrogens is 288 g/mol. The lowest BCUT2D eigenvalue weighted by atomic mass is 9.84. The van der Waals surface area contributed by atoms with Gasteiger partial charge in [0, 0.05) is 12.5 Å². The molecule has 0 aliphatic heterocycles. The first-order valence-corrected chi connectivity index (χ1v) is 9.95. The Kier molecular flexibility index (Phi) is 6.05. The van der Waals surface area contributed by atoms with Gasteiger partial charge in [0.05, 0.1) is 11.0 Å². The van der Waals surface area contributed by atoms with Crippen molar-refractivity contribution in [1.82, 2.24) is 5.32 Å². The Bertz CT molecular complexity index is 444. The van der Waals surface area contributed by atoms with Gasteiger partial charge in [0.25, 0.3) is 0 Å². The van der Waals surface area contributed by atoms with Gasteiger partial charge < -0.3 is 11.1 Å². The van der Waals surface area contributed by atoms with Crippen molar-refractivity contribution < 1.29 is 13.2 Å². The SMILES string of the molecule is NCC1CCCCC1NC(=O)CCS(=O)(=O)C1CCCC1. The molecule has 0 heterocycles. The highest BCUT2D eigenvalue weighted by Crippen LogP contribution is 2.26. The number of carbonyl (C=O) groups is 1. The molecule has 0 bridgehead atoms. The highest BCUT2D eigenvalue weighted by Gasteiger charge is 2.30. The van der Waals surface area contributed by atoms with Crippen molar-refractivity contribution in [3.05, 3.63) is 0 Å². The smallest absolute Gasteiger partial charge is 0.221 e. The molecule has 0 aromatic carbocycles. The highest BCUT2D eigenvalue weighted by atomic mass is 32.2. The van der Waals surface area contributed by atoms with Crippen LogP contribution in [0.15, 0.2) is 0 Å². The van der Waals surface area contributed by atoms with E-state index in [1.807, 2.05) is 0 Å². The summed E-state index contributed by atoms with van der Waals surface area (Å²) in [6, 6.07) is 0.130. The molecule has 0 aromatic rings. The van der Waals surface area contributed by atoms with E-state index in [0.717, 1.165) is 44.9 Å². The van der Waals surface area contributed by atoms with Gasteiger partial charge in [-0.25, -0.2) is 8.42 Å². The van der Waals surface area contributed by atoms with Crippen molar-refractivity contribution in [1.29, 1.82) is 0 Å². The van der Waals surface area contributed by atoms with Crippen LogP contribution in [0.3, 0.4) is 0 Å². The highest BCUT2D eigenvalue weighted by molar-refractivity contribution is 7.92. The lowest BCUT2D eigenvalue weighted by Crippen LogP contribution is -2.45. The molecule has 2 fully saturated rings. The summed E-state index contributed by atoms with van der Waals surface area (Å²) in [7, 11) is -3.10. The first-order valence-electron chi connectivity index (χ1n) is 8.24. The van der Waals surface area contributed by atoms with Gasteiger partial charge in [0.1, 0.15) is 0 Å². The lowest BCUT2D eigenvalue weighted by molar-refractivity contribution is -0.122. The topological polar surface area (TPSA) is 89.3 Å². The summed E-state index contributed by atoms with van der Waals surface area (Å²) in [5.74, 6) is 0.194. The van der Waals surface area contributed by atoms with Crippen molar-refractivity contribution in [2.45, 2.75) is 69.1 Å². The molecule has 2 rings (SSSR count). The van der Waals surface area contributed by atoms with E-state index in [1.54, 1.807) is 0 Å². The summed E-state index contributed by atoms with van der Waals surface area (Å²) in [5.41, 5.74) is 5.75. The van der Waals surface area contributed by atoms with E-state index in [2.05, 4.69) is 5.32 Å². The van der Waals surface area contributed by atoms with Crippen LogP contribution in [0.2, 0.25) is 0 Å². The van der Waals surface area contributed by atoms with Gasteiger partial charge in [0.15, 0.2) is 9.84 Å². The van der Waals surface area contributed by atoms with Crippen molar-refractivity contribution in [2.75, 3.05) is 12.3 Å². The van der Waals surface area contributed by atoms with Crippen LogP contribution in [0, 0.1) is 5.92 Å². The molecule has 0 radical (unpaired) electrons. The van der Waals surface area contributed by atoms with Crippen molar-refractivity contribution >= 4 is 15.7 Å². The predicted molar refractivity (Wildman–Crippen MR) is 83.6 cm³/mol. The van der Waals surface area contributed by atoms with Gasteiger partial charge in [-0.05, 0) is 38.1 Å². The summed E-state index contributed by atoms with van der Waals surface area (Å²) >= 11 is 0. The van der Waals surface area contributed by atoms with Crippen LogP contribution in [0.4, 0.5) is 0 Å². The molecule has 2 aliphatic rings. The molecule has 122 valence electrons. The number of sulfone groups is 1. The Morgan fingerprint density at radius 3 is 2.33 bits per heavy atom. The second-order valence-corrected chi connectivity index (χ2v) is 8.88. The molecule has 2 atom stereocenters. The molecule has 2 aliphatic carbocycles. The van der Waals surface area contributed by atoms with Crippen LogP contribution in [0.25, 0.3) is 0 Å². The number of hydrogen-bond donors (Lipinski definition) is 2. The van der Waals surface area contributed by atoms with E-state index >= 15 is 0 Å². The normalized spacial score (nSPS) is 27.7. The van der Waals surface area contributed by atoms with E-state index in [4.69, 9.17) is 5.73 Å². The second-order valence-electron chi connectivity index (χ2n) is 6.48. The van der Waals surface area contributed by atoms with Crippen LogP contribution in [0.5, 0.6) is 0 Å². The van der Waals surface area contributed by atoms with Crippen LogP contribution in [-0.2, 0) is 14.6 Å². The van der Waals surface area contributed by atoms with Gasteiger partial charge in [0.2, 0.25) is 5.91 Å². The quantitative estimate of drug-likeness (QED) is 0.774. The molecule has 21 heavy (non-hydrogen) atoms. The molecule has 2 unspecified atom stereocenters.